The van der Waals surface area contributed by atoms with Gasteiger partial charge in [0.15, 0.2) is 5.76 Å². The van der Waals surface area contributed by atoms with Crippen LogP contribution in [0.25, 0.3) is 0 Å². The Bertz CT molecular complexity index is 287. The molecule has 0 bridgehead atoms. The van der Waals surface area contributed by atoms with Crippen molar-refractivity contribution < 1.29 is 9.21 Å². The van der Waals surface area contributed by atoms with Gasteiger partial charge in [-0.1, -0.05) is 0 Å². The molecule has 1 heterocycles. The fourth-order valence-electron chi connectivity index (χ4n) is 1.13. The largest absolute Gasteiger partial charge is 0.456 e. The quantitative estimate of drug-likeness (QED) is 0.709. The molecule has 70 valence electrons. The third-order valence-corrected chi connectivity index (χ3v) is 1.89. The molecule has 0 spiro atoms. The molecule has 0 atom stereocenters. The van der Waals surface area contributed by atoms with Crippen molar-refractivity contribution in [1.29, 1.82) is 0 Å². The molecule has 1 rings (SSSR count). The molecule has 0 N–H and O–H groups in total. The Morgan fingerprint density at radius 1 is 1.46 bits per heavy atom. The number of furan rings is 1. The van der Waals surface area contributed by atoms with E-state index in [9.17, 15) is 4.79 Å². The second kappa shape index (κ2) is 4.12. The lowest BCUT2D eigenvalue weighted by Crippen LogP contribution is -2.30. The van der Waals surface area contributed by atoms with Crippen molar-refractivity contribution in [2.45, 2.75) is 13.8 Å². The number of nitrogens with zero attached hydrogens (tertiary/aromatic N) is 1. The van der Waals surface area contributed by atoms with E-state index in [1.54, 1.807) is 17.0 Å². The average Bonchev–Trinajstić information content (AvgIpc) is 2.54. The van der Waals surface area contributed by atoms with Crippen LogP contribution in [0.4, 0.5) is 0 Å². The van der Waals surface area contributed by atoms with Crippen molar-refractivity contribution in [2.24, 2.45) is 0 Å². The van der Waals surface area contributed by atoms with Crippen molar-refractivity contribution in [1.82, 2.24) is 4.90 Å². The van der Waals surface area contributed by atoms with Gasteiger partial charge in [0, 0.05) is 20.0 Å². The van der Waals surface area contributed by atoms with Gasteiger partial charge in [0.1, 0.15) is 5.76 Å². The maximum Gasteiger partial charge on any atom is 0.289 e. The lowest BCUT2D eigenvalue weighted by Gasteiger charge is -2.16. The van der Waals surface area contributed by atoms with E-state index in [0.29, 0.717) is 18.8 Å². The summed E-state index contributed by atoms with van der Waals surface area (Å²) in [7, 11) is 0. The molecule has 0 unspecified atom stereocenters. The molecule has 1 aromatic heterocycles. The minimum Gasteiger partial charge on any atom is -0.456 e. The minimum atomic E-state index is -0.110. The van der Waals surface area contributed by atoms with Crippen molar-refractivity contribution in [3.63, 3.8) is 0 Å². The summed E-state index contributed by atoms with van der Waals surface area (Å²) in [6.07, 6.45) is 0. The number of rotatable bonds is 3. The fourth-order valence-corrected chi connectivity index (χ4v) is 1.13. The molecule has 13 heavy (non-hydrogen) atoms. The normalized spacial score (nSPS) is 10.1. The lowest BCUT2D eigenvalue weighted by molar-refractivity contribution is 0.0740. The van der Waals surface area contributed by atoms with Gasteiger partial charge in [-0.2, -0.15) is 0 Å². The van der Waals surface area contributed by atoms with Crippen LogP contribution >= 0.6 is 0 Å². The lowest BCUT2D eigenvalue weighted by atomic mass is 10.3. The van der Waals surface area contributed by atoms with Crippen LogP contribution in [-0.2, 0) is 0 Å². The maximum atomic E-state index is 11.6. The molecule has 1 amide bonds. The number of carbonyl (C=O) groups is 1. The molecule has 0 aromatic carbocycles. The van der Waals surface area contributed by atoms with Gasteiger partial charge in [0.2, 0.25) is 0 Å². The molecule has 3 heteroatoms. The SMILES string of the molecule is [CH]c1ccc(C(=O)N(CC)CC)o1. The second-order valence-corrected chi connectivity index (χ2v) is 2.68. The van der Waals surface area contributed by atoms with Crippen LogP contribution < -0.4 is 0 Å². The third kappa shape index (κ3) is 2.11. The van der Waals surface area contributed by atoms with Crippen molar-refractivity contribution >= 4 is 5.91 Å². The Hall–Kier alpha value is -1.25. The molecular formula is C10H13NO2. The Balaban J connectivity index is 2.78. The fraction of sp³-hybridized carbons (Fsp3) is 0.400. The van der Waals surface area contributed by atoms with Crippen LogP contribution in [0.1, 0.15) is 30.2 Å². The van der Waals surface area contributed by atoms with E-state index in [4.69, 9.17) is 11.3 Å². The van der Waals surface area contributed by atoms with E-state index >= 15 is 0 Å². The van der Waals surface area contributed by atoms with E-state index in [-0.39, 0.29) is 11.7 Å². The molecule has 1 aromatic rings. The van der Waals surface area contributed by atoms with Crippen LogP contribution in [0.3, 0.4) is 0 Å². The summed E-state index contributed by atoms with van der Waals surface area (Å²) in [4.78, 5) is 13.3. The smallest absolute Gasteiger partial charge is 0.289 e. The predicted octanol–water partition coefficient (Wildman–Crippen LogP) is 1.82. The van der Waals surface area contributed by atoms with E-state index in [1.165, 1.54) is 0 Å². The Kier molecular flexibility index (Phi) is 3.12. The van der Waals surface area contributed by atoms with E-state index in [1.807, 2.05) is 13.8 Å². The van der Waals surface area contributed by atoms with Gasteiger partial charge in [0.05, 0.1) is 0 Å². The van der Waals surface area contributed by atoms with Crippen LogP contribution in [-0.4, -0.2) is 23.9 Å². The molecule has 2 radical (unpaired) electrons. The van der Waals surface area contributed by atoms with Gasteiger partial charge in [-0.25, -0.2) is 0 Å². The maximum absolute atomic E-state index is 11.6. The van der Waals surface area contributed by atoms with Gasteiger partial charge in [-0.15, -0.1) is 0 Å². The molecule has 0 aliphatic heterocycles. The molecule has 0 saturated heterocycles. The molecule has 0 fully saturated rings. The van der Waals surface area contributed by atoms with Gasteiger partial charge in [0.25, 0.3) is 5.91 Å². The van der Waals surface area contributed by atoms with Crippen LogP contribution in [0.5, 0.6) is 0 Å². The van der Waals surface area contributed by atoms with Crippen molar-refractivity contribution in [3.05, 3.63) is 30.6 Å². The molecule has 3 nitrogen and oxygen atoms in total. The van der Waals surface area contributed by atoms with Crippen LogP contribution in [0.15, 0.2) is 16.5 Å². The molecule has 0 aliphatic carbocycles. The first-order valence-corrected chi connectivity index (χ1v) is 4.33. The first-order valence-electron chi connectivity index (χ1n) is 4.33. The zero-order valence-electron chi connectivity index (χ0n) is 7.91. The van der Waals surface area contributed by atoms with Gasteiger partial charge >= 0.3 is 0 Å². The third-order valence-electron chi connectivity index (χ3n) is 1.89. The highest BCUT2D eigenvalue weighted by Gasteiger charge is 2.15. The zero-order valence-corrected chi connectivity index (χ0v) is 7.91. The first kappa shape index (κ1) is 9.84. The van der Waals surface area contributed by atoms with Crippen LogP contribution in [0.2, 0.25) is 0 Å². The second-order valence-electron chi connectivity index (χ2n) is 2.68. The summed E-state index contributed by atoms with van der Waals surface area (Å²) in [6, 6.07) is 3.17. The summed E-state index contributed by atoms with van der Waals surface area (Å²) >= 11 is 0. The predicted molar refractivity (Wildman–Crippen MR) is 49.4 cm³/mol. The number of hydrogen-bond donors (Lipinski definition) is 0. The van der Waals surface area contributed by atoms with E-state index in [2.05, 4.69) is 0 Å². The van der Waals surface area contributed by atoms with Gasteiger partial charge in [-0.05, 0) is 26.0 Å². The topological polar surface area (TPSA) is 33.5 Å². The molecule has 0 saturated carbocycles. The summed E-state index contributed by atoms with van der Waals surface area (Å²) in [5.74, 6) is 0.471. The Morgan fingerprint density at radius 2 is 2.08 bits per heavy atom. The summed E-state index contributed by atoms with van der Waals surface area (Å²) in [6.45, 7) is 10.6. The Morgan fingerprint density at radius 3 is 2.46 bits per heavy atom. The standard InChI is InChI=1S/C10H13NO2/c1-4-11(5-2)10(12)9-7-6-8(3)13-9/h3,6-7H,4-5H2,1-2H3. The Labute approximate surface area is 78.3 Å². The highest BCUT2D eigenvalue weighted by molar-refractivity contribution is 5.91. The van der Waals surface area contributed by atoms with Crippen molar-refractivity contribution in [2.75, 3.05) is 13.1 Å². The monoisotopic (exact) mass is 179 g/mol. The first-order chi connectivity index (χ1) is 6.19. The summed E-state index contributed by atoms with van der Waals surface area (Å²) in [5, 5.41) is 0. The van der Waals surface area contributed by atoms with Crippen molar-refractivity contribution in [3.8, 4) is 0 Å². The van der Waals surface area contributed by atoms with Gasteiger partial charge < -0.3 is 9.32 Å². The van der Waals surface area contributed by atoms with E-state index < -0.39 is 0 Å². The van der Waals surface area contributed by atoms with Crippen LogP contribution in [0, 0.1) is 6.92 Å². The number of hydrogen-bond acceptors (Lipinski definition) is 2. The molecule has 0 aliphatic rings. The summed E-state index contributed by atoms with van der Waals surface area (Å²) < 4.78 is 5.02. The highest BCUT2D eigenvalue weighted by atomic mass is 16.3. The summed E-state index contributed by atoms with van der Waals surface area (Å²) in [5.41, 5.74) is 0. The minimum absolute atomic E-state index is 0.110. The zero-order chi connectivity index (χ0) is 9.84. The number of carbonyl (C=O) groups excluding carboxylic acids is 1. The average molecular weight is 179 g/mol. The van der Waals surface area contributed by atoms with E-state index in [0.717, 1.165) is 0 Å². The molecular weight excluding hydrogens is 166 g/mol. The number of amides is 1. The van der Waals surface area contributed by atoms with Gasteiger partial charge in [-0.3, -0.25) is 4.79 Å². The highest BCUT2D eigenvalue weighted by Crippen LogP contribution is 2.09.